The van der Waals surface area contributed by atoms with E-state index in [1.165, 1.54) is 0 Å². The SMILES string of the molecule is CC(C)CC(=O)O[C@H]1C[C@@]2(C)O[C@H]2C[C@@]2(C)CC[C@@](O)(C(C)C)[C@H]12. The largest absolute Gasteiger partial charge is 0.462 e. The first-order valence-corrected chi connectivity index (χ1v) is 9.60. The molecule has 138 valence electrons. The molecule has 1 aliphatic heterocycles. The highest BCUT2D eigenvalue weighted by Crippen LogP contribution is 2.63. The lowest BCUT2D eigenvalue weighted by molar-refractivity contribution is -0.169. The maximum absolute atomic E-state index is 12.4. The summed E-state index contributed by atoms with van der Waals surface area (Å²) in [5.41, 5.74) is -0.973. The van der Waals surface area contributed by atoms with Crippen LogP contribution >= 0.6 is 0 Å². The van der Waals surface area contributed by atoms with Crippen LogP contribution in [0.25, 0.3) is 0 Å². The Morgan fingerprint density at radius 1 is 1.21 bits per heavy atom. The molecule has 2 aliphatic carbocycles. The highest BCUT2D eigenvalue weighted by atomic mass is 16.6. The molecule has 1 saturated heterocycles. The summed E-state index contributed by atoms with van der Waals surface area (Å²) in [5, 5.41) is 11.5. The average molecular weight is 338 g/mol. The third-order valence-corrected chi connectivity index (χ3v) is 6.91. The highest BCUT2D eigenvalue weighted by molar-refractivity contribution is 5.69. The maximum atomic E-state index is 12.4. The van der Waals surface area contributed by atoms with Gasteiger partial charge in [0, 0.05) is 18.8 Å². The van der Waals surface area contributed by atoms with Gasteiger partial charge in [0.1, 0.15) is 6.10 Å². The molecule has 3 aliphatic rings. The molecule has 0 aromatic rings. The number of carbonyl (C=O) groups excluding carboxylic acids is 1. The lowest BCUT2D eigenvalue weighted by atomic mass is 9.67. The molecular weight excluding hydrogens is 304 g/mol. The topological polar surface area (TPSA) is 59.1 Å². The summed E-state index contributed by atoms with van der Waals surface area (Å²) in [5.74, 6) is 0.286. The molecule has 1 heterocycles. The predicted octanol–water partition coefficient (Wildman–Crippen LogP) is 3.70. The normalized spacial score (nSPS) is 47.3. The Bertz CT molecular complexity index is 516. The zero-order chi connectivity index (χ0) is 17.9. The number of ether oxygens (including phenoxy) is 2. The van der Waals surface area contributed by atoms with Gasteiger partial charge in [0.05, 0.1) is 17.3 Å². The molecule has 0 radical (unpaired) electrons. The Morgan fingerprint density at radius 2 is 1.88 bits per heavy atom. The van der Waals surface area contributed by atoms with Gasteiger partial charge >= 0.3 is 5.97 Å². The van der Waals surface area contributed by atoms with Crippen LogP contribution in [0, 0.1) is 23.2 Å². The van der Waals surface area contributed by atoms with E-state index in [9.17, 15) is 9.90 Å². The second kappa shape index (κ2) is 5.70. The third kappa shape index (κ3) is 2.90. The van der Waals surface area contributed by atoms with Crippen LogP contribution in [0.4, 0.5) is 0 Å². The number of epoxide rings is 1. The first-order chi connectivity index (χ1) is 11.0. The average Bonchev–Trinajstić information content (AvgIpc) is 2.95. The number of esters is 1. The number of hydrogen-bond donors (Lipinski definition) is 1. The summed E-state index contributed by atoms with van der Waals surface area (Å²) in [4.78, 5) is 12.4. The van der Waals surface area contributed by atoms with Crippen molar-refractivity contribution in [3.63, 3.8) is 0 Å². The summed E-state index contributed by atoms with van der Waals surface area (Å²) < 4.78 is 12.0. The fourth-order valence-electron chi connectivity index (χ4n) is 5.38. The molecule has 3 fully saturated rings. The highest BCUT2D eigenvalue weighted by Gasteiger charge is 2.68. The van der Waals surface area contributed by atoms with E-state index in [1.807, 2.05) is 13.8 Å². The Kier molecular flexibility index (Phi) is 4.32. The molecular formula is C20H34O4. The molecule has 0 aromatic heterocycles. The van der Waals surface area contributed by atoms with Gasteiger partial charge in [0.25, 0.3) is 0 Å². The van der Waals surface area contributed by atoms with Crippen molar-refractivity contribution >= 4 is 5.97 Å². The van der Waals surface area contributed by atoms with Crippen molar-refractivity contribution in [1.82, 2.24) is 0 Å². The fraction of sp³-hybridized carbons (Fsp3) is 0.950. The molecule has 4 heteroatoms. The molecule has 4 nitrogen and oxygen atoms in total. The number of aliphatic hydroxyl groups is 1. The van der Waals surface area contributed by atoms with Crippen molar-refractivity contribution in [2.75, 3.05) is 0 Å². The van der Waals surface area contributed by atoms with Crippen LogP contribution in [-0.2, 0) is 14.3 Å². The standard InChI is InChI=1S/C20H34O4/c1-12(2)9-16(21)23-14-10-19(6)15(24-19)11-18(5)7-8-20(22,13(3)4)17(14)18/h12-15,17,22H,7-11H2,1-6H3/t14-,15-,17+,18+,19+,20+/m0/s1. The van der Waals surface area contributed by atoms with Gasteiger partial charge in [-0.3, -0.25) is 4.79 Å². The lowest BCUT2D eigenvalue weighted by Crippen LogP contribution is -2.51. The molecule has 0 amide bonds. The third-order valence-electron chi connectivity index (χ3n) is 6.91. The zero-order valence-corrected chi connectivity index (χ0v) is 16.1. The van der Waals surface area contributed by atoms with Crippen molar-refractivity contribution in [1.29, 1.82) is 0 Å². The number of carbonyl (C=O) groups is 1. The van der Waals surface area contributed by atoms with Gasteiger partial charge in [-0.05, 0) is 43.4 Å². The van der Waals surface area contributed by atoms with Crippen molar-refractivity contribution in [2.24, 2.45) is 23.2 Å². The van der Waals surface area contributed by atoms with Crippen LogP contribution in [0.1, 0.15) is 73.6 Å². The van der Waals surface area contributed by atoms with Gasteiger partial charge < -0.3 is 14.6 Å². The van der Waals surface area contributed by atoms with Crippen LogP contribution in [0.15, 0.2) is 0 Å². The maximum Gasteiger partial charge on any atom is 0.306 e. The Balaban J connectivity index is 1.91. The Labute approximate surface area is 146 Å². The predicted molar refractivity (Wildman–Crippen MR) is 92.5 cm³/mol. The zero-order valence-electron chi connectivity index (χ0n) is 16.1. The number of fused-ring (bicyclic) bond motifs is 2. The summed E-state index contributed by atoms with van der Waals surface area (Å²) in [6, 6.07) is 0. The van der Waals surface area contributed by atoms with E-state index < -0.39 is 5.60 Å². The van der Waals surface area contributed by atoms with Gasteiger partial charge in [-0.15, -0.1) is 0 Å². The van der Waals surface area contributed by atoms with Gasteiger partial charge in [-0.1, -0.05) is 34.6 Å². The van der Waals surface area contributed by atoms with Crippen molar-refractivity contribution in [3.05, 3.63) is 0 Å². The Hall–Kier alpha value is -0.610. The second-order valence-electron chi connectivity index (χ2n) is 9.73. The molecule has 6 atom stereocenters. The first-order valence-electron chi connectivity index (χ1n) is 9.60. The summed E-state index contributed by atoms with van der Waals surface area (Å²) in [6.07, 6.45) is 3.84. The van der Waals surface area contributed by atoms with E-state index in [0.717, 1.165) is 19.3 Å². The van der Waals surface area contributed by atoms with Crippen molar-refractivity contribution in [3.8, 4) is 0 Å². The second-order valence-corrected chi connectivity index (χ2v) is 9.73. The van der Waals surface area contributed by atoms with E-state index in [-0.39, 0.29) is 46.9 Å². The van der Waals surface area contributed by atoms with Gasteiger partial charge in [-0.2, -0.15) is 0 Å². The van der Waals surface area contributed by atoms with Crippen LogP contribution < -0.4 is 0 Å². The minimum Gasteiger partial charge on any atom is -0.462 e. The minimum atomic E-state index is -0.759. The smallest absolute Gasteiger partial charge is 0.306 e. The summed E-state index contributed by atoms with van der Waals surface area (Å²) in [7, 11) is 0. The van der Waals surface area contributed by atoms with E-state index in [0.29, 0.717) is 12.8 Å². The van der Waals surface area contributed by atoms with Crippen LogP contribution in [-0.4, -0.2) is 34.5 Å². The van der Waals surface area contributed by atoms with Gasteiger partial charge in [0.2, 0.25) is 0 Å². The molecule has 2 saturated carbocycles. The molecule has 0 spiro atoms. The van der Waals surface area contributed by atoms with E-state index >= 15 is 0 Å². The lowest BCUT2D eigenvalue weighted by Gasteiger charge is -2.44. The molecule has 24 heavy (non-hydrogen) atoms. The molecule has 1 N–H and O–H groups in total. The van der Waals surface area contributed by atoms with Crippen LogP contribution in [0.3, 0.4) is 0 Å². The Morgan fingerprint density at radius 3 is 2.46 bits per heavy atom. The fourth-order valence-corrected chi connectivity index (χ4v) is 5.38. The summed E-state index contributed by atoms with van der Waals surface area (Å²) >= 11 is 0. The molecule has 0 unspecified atom stereocenters. The van der Waals surface area contributed by atoms with E-state index in [2.05, 4.69) is 27.7 Å². The molecule has 3 rings (SSSR count). The van der Waals surface area contributed by atoms with Crippen molar-refractivity contribution < 1.29 is 19.4 Å². The monoisotopic (exact) mass is 338 g/mol. The molecule has 0 bridgehead atoms. The van der Waals surface area contributed by atoms with E-state index in [4.69, 9.17) is 9.47 Å². The number of hydrogen-bond acceptors (Lipinski definition) is 4. The quantitative estimate of drug-likeness (QED) is 0.627. The van der Waals surface area contributed by atoms with Gasteiger partial charge in [-0.25, -0.2) is 0 Å². The van der Waals surface area contributed by atoms with Crippen LogP contribution in [0.2, 0.25) is 0 Å². The first kappa shape index (κ1) is 18.2. The van der Waals surface area contributed by atoms with Crippen LogP contribution in [0.5, 0.6) is 0 Å². The summed E-state index contributed by atoms with van der Waals surface area (Å²) in [6.45, 7) is 12.6. The molecule has 0 aromatic carbocycles. The van der Waals surface area contributed by atoms with Gasteiger partial charge in [0.15, 0.2) is 0 Å². The van der Waals surface area contributed by atoms with Crippen molar-refractivity contribution in [2.45, 2.75) is 97.1 Å². The number of rotatable bonds is 4. The van der Waals surface area contributed by atoms with E-state index in [1.54, 1.807) is 0 Å². The minimum absolute atomic E-state index is 0.00524.